The monoisotopic (exact) mass is 265 g/mol. The molecule has 0 bridgehead atoms. The maximum atomic E-state index is 9.07. The number of nitrogens with zero attached hydrogens (tertiary/aromatic N) is 3. The van der Waals surface area contributed by atoms with Gasteiger partial charge in [0, 0.05) is 29.8 Å². The highest BCUT2D eigenvalue weighted by Gasteiger charge is 2.11. The number of rotatable bonds is 3. The molecule has 0 unspecified atom stereocenters. The number of hydrogen-bond donors (Lipinski definition) is 1. The van der Waals surface area contributed by atoms with Gasteiger partial charge >= 0.3 is 0 Å². The zero-order chi connectivity index (χ0) is 13.9. The van der Waals surface area contributed by atoms with E-state index in [1.165, 1.54) is 0 Å². The van der Waals surface area contributed by atoms with Crippen LogP contribution in [0.4, 0.5) is 0 Å². The summed E-state index contributed by atoms with van der Waals surface area (Å²) in [4.78, 5) is 4.15. The zero-order valence-electron chi connectivity index (χ0n) is 11.2. The molecule has 20 heavy (non-hydrogen) atoms. The fourth-order valence-corrected chi connectivity index (χ4v) is 2.41. The Labute approximate surface area is 117 Å². The van der Waals surface area contributed by atoms with Crippen molar-refractivity contribution in [2.45, 2.75) is 13.5 Å². The van der Waals surface area contributed by atoms with Crippen LogP contribution in [0.1, 0.15) is 18.2 Å². The summed E-state index contributed by atoms with van der Waals surface area (Å²) in [6, 6.07) is 14.2. The molecule has 2 heterocycles. The van der Waals surface area contributed by atoms with Crippen LogP contribution >= 0.6 is 0 Å². The summed E-state index contributed by atoms with van der Waals surface area (Å²) in [6.07, 6.45) is 3.61. The maximum absolute atomic E-state index is 9.07. The molecule has 4 nitrogen and oxygen atoms in total. The summed E-state index contributed by atoms with van der Waals surface area (Å²) < 4.78 is 2.14. The lowest BCUT2D eigenvalue weighted by molar-refractivity contribution is 0.318. The van der Waals surface area contributed by atoms with Crippen LogP contribution in [0.2, 0.25) is 0 Å². The Morgan fingerprint density at radius 1 is 1.25 bits per heavy atom. The Morgan fingerprint density at radius 3 is 2.85 bits per heavy atom. The molecule has 0 spiro atoms. The van der Waals surface area contributed by atoms with Crippen molar-refractivity contribution in [2.24, 2.45) is 5.16 Å². The molecule has 0 amide bonds. The topological polar surface area (TPSA) is 50.4 Å². The number of benzene rings is 1. The van der Waals surface area contributed by atoms with E-state index in [-0.39, 0.29) is 0 Å². The lowest BCUT2D eigenvalue weighted by atomic mass is 10.2. The minimum absolute atomic E-state index is 0.602. The second kappa shape index (κ2) is 5.17. The molecular formula is C16H15N3O. The van der Waals surface area contributed by atoms with Gasteiger partial charge in [-0.05, 0) is 30.7 Å². The zero-order valence-corrected chi connectivity index (χ0v) is 11.2. The molecule has 0 fully saturated rings. The van der Waals surface area contributed by atoms with Crippen molar-refractivity contribution in [3.8, 4) is 0 Å². The summed E-state index contributed by atoms with van der Waals surface area (Å²) in [5, 5.41) is 13.5. The van der Waals surface area contributed by atoms with Crippen LogP contribution in [0.3, 0.4) is 0 Å². The first-order valence-corrected chi connectivity index (χ1v) is 6.46. The molecule has 0 atom stereocenters. The van der Waals surface area contributed by atoms with E-state index in [4.69, 9.17) is 5.21 Å². The van der Waals surface area contributed by atoms with Gasteiger partial charge in [-0.15, -0.1) is 0 Å². The molecule has 0 aliphatic carbocycles. The first kappa shape index (κ1) is 12.4. The van der Waals surface area contributed by atoms with Crippen molar-refractivity contribution in [1.82, 2.24) is 9.55 Å². The van der Waals surface area contributed by atoms with Crippen molar-refractivity contribution in [3.63, 3.8) is 0 Å². The minimum atomic E-state index is 0.602. The van der Waals surface area contributed by atoms with Gasteiger partial charge in [-0.25, -0.2) is 0 Å². The number of fused-ring (bicyclic) bond motifs is 1. The quantitative estimate of drug-likeness (QED) is 0.449. The van der Waals surface area contributed by atoms with Gasteiger partial charge in [-0.2, -0.15) is 0 Å². The Hall–Kier alpha value is -2.62. The Bertz CT molecular complexity index is 760. The molecule has 2 aromatic heterocycles. The SMILES string of the molecule is CC(=NO)c1cc2ccccc2n1Cc1cccnc1. The predicted octanol–water partition coefficient (Wildman–Crippen LogP) is 3.28. The Balaban J connectivity index is 2.16. The van der Waals surface area contributed by atoms with Gasteiger partial charge in [0.2, 0.25) is 0 Å². The van der Waals surface area contributed by atoms with Crippen LogP contribution in [-0.4, -0.2) is 20.5 Å². The third-order valence-corrected chi connectivity index (χ3v) is 3.39. The van der Waals surface area contributed by atoms with E-state index in [0.717, 1.165) is 22.2 Å². The minimum Gasteiger partial charge on any atom is -0.411 e. The average Bonchev–Trinajstić information content (AvgIpc) is 2.86. The van der Waals surface area contributed by atoms with Crippen molar-refractivity contribution in [2.75, 3.05) is 0 Å². The van der Waals surface area contributed by atoms with Crippen LogP contribution in [0.25, 0.3) is 10.9 Å². The summed E-state index contributed by atoms with van der Waals surface area (Å²) >= 11 is 0. The highest BCUT2D eigenvalue weighted by molar-refractivity contribution is 6.01. The van der Waals surface area contributed by atoms with Gasteiger partial charge in [0.15, 0.2) is 0 Å². The van der Waals surface area contributed by atoms with E-state index in [2.05, 4.69) is 26.8 Å². The highest BCUT2D eigenvalue weighted by atomic mass is 16.4. The summed E-state index contributed by atoms with van der Waals surface area (Å²) in [7, 11) is 0. The molecule has 1 N–H and O–H groups in total. The van der Waals surface area contributed by atoms with E-state index in [1.807, 2.05) is 36.5 Å². The van der Waals surface area contributed by atoms with Crippen molar-refractivity contribution in [3.05, 3.63) is 66.1 Å². The maximum Gasteiger partial charge on any atom is 0.100 e. The van der Waals surface area contributed by atoms with E-state index in [0.29, 0.717) is 12.3 Å². The molecular weight excluding hydrogens is 250 g/mol. The second-order valence-electron chi connectivity index (χ2n) is 4.72. The van der Waals surface area contributed by atoms with Crippen molar-refractivity contribution >= 4 is 16.6 Å². The van der Waals surface area contributed by atoms with Gasteiger partial charge in [0.05, 0.1) is 5.69 Å². The Morgan fingerprint density at radius 2 is 2.10 bits per heavy atom. The molecule has 4 heteroatoms. The van der Waals surface area contributed by atoms with E-state index in [9.17, 15) is 0 Å². The van der Waals surface area contributed by atoms with Crippen LogP contribution in [-0.2, 0) is 6.54 Å². The standard InChI is InChI=1S/C16H15N3O/c1-12(18-20)16-9-14-6-2-3-7-15(14)19(16)11-13-5-4-8-17-10-13/h2-10,20H,11H2,1H3. The van der Waals surface area contributed by atoms with Crippen LogP contribution < -0.4 is 0 Å². The molecule has 100 valence electrons. The molecule has 0 aliphatic rings. The third-order valence-electron chi connectivity index (χ3n) is 3.39. The number of oxime groups is 1. The largest absolute Gasteiger partial charge is 0.411 e. The van der Waals surface area contributed by atoms with Crippen LogP contribution in [0.15, 0.2) is 60.0 Å². The van der Waals surface area contributed by atoms with Crippen molar-refractivity contribution in [1.29, 1.82) is 0 Å². The molecule has 0 aliphatic heterocycles. The van der Waals surface area contributed by atoms with Crippen molar-refractivity contribution < 1.29 is 5.21 Å². The molecule has 3 rings (SSSR count). The molecule has 0 radical (unpaired) electrons. The van der Waals surface area contributed by atoms with Gasteiger partial charge in [-0.3, -0.25) is 4.98 Å². The summed E-state index contributed by atoms with van der Waals surface area (Å²) in [5.74, 6) is 0. The Kier molecular flexibility index (Phi) is 3.21. The molecule has 3 aromatic rings. The summed E-state index contributed by atoms with van der Waals surface area (Å²) in [5.41, 5.74) is 3.75. The molecule has 0 saturated heterocycles. The lowest BCUT2D eigenvalue weighted by Crippen LogP contribution is -2.08. The fraction of sp³-hybridized carbons (Fsp3) is 0.125. The highest BCUT2D eigenvalue weighted by Crippen LogP contribution is 2.21. The molecule has 0 saturated carbocycles. The van der Waals surface area contributed by atoms with E-state index < -0.39 is 0 Å². The first-order valence-electron chi connectivity index (χ1n) is 6.46. The lowest BCUT2D eigenvalue weighted by Gasteiger charge is -2.10. The predicted molar refractivity (Wildman–Crippen MR) is 79.3 cm³/mol. The smallest absolute Gasteiger partial charge is 0.100 e. The number of hydrogen-bond acceptors (Lipinski definition) is 3. The average molecular weight is 265 g/mol. The van der Waals surface area contributed by atoms with Gasteiger partial charge in [0.1, 0.15) is 5.71 Å². The van der Waals surface area contributed by atoms with Gasteiger partial charge < -0.3 is 9.77 Å². The van der Waals surface area contributed by atoms with Gasteiger partial charge in [-0.1, -0.05) is 29.4 Å². The van der Waals surface area contributed by atoms with Gasteiger partial charge in [0.25, 0.3) is 0 Å². The number of aromatic nitrogens is 2. The van der Waals surface area contributed by atoms with E-state index >= 15 is 0 Å². The fourth-order valence-electron chi connectivity index (χ4n) is 2.41. The van der Waals surface area contributed by atoms with Crippen LogP contribution in [0.5, 0.6) is 0 Å². The third kappa shape index (κ3) is 2.16. The van der Waals surface area contributed by atoms with E-state index in [1.54, 1.807) is 13.1 Å². The second-order valence-corrected chi connectivity index (χ2v) is 4.72. The molecule has 1 aromatic carbocycles. The first-order chi connectivity index (χ1) is 9.79. The number of para-hydroxylation sites is 1. The summed E-state index contributed by atoms with van der Waals surface area (Å²) in [6.45, 7) is 2.50. The number of pyridine rings is 1. The normalized spacial score (nSPS) is 11.9. The van der Waals surface area contributed by atoms with Crippen LogP contribution in [0, 0.1) is 0 Å².